The lowest BCUT2D eigenvalue weighted by Crippen LogP contribution is -2.22. The second kappa shape index (κ2) is 3.10. The number of nitrogens with zero attached hydrogens (tertiary/aromatic N) is 1. The zero-order valence-corrected chi connectivity index (χ0v) is 7.50. The zero-order valence-electron chi connectivity index (χ0n) is 7.50. The molecule has 64 valence electrons. The monoisotopic (exact) mass is 163 g/mol. The van der Waals surface area contributed by atoms with Crippen LogP contribution in [0.2, 0.25) is 0 Å². The molecule has 0 saturated carbocycles. The molecule has 0 bridgehead atoms. The normalized spacial score (nSPS) is 25.8. The number of carbonyl (C=O) groups is 1. The van der Waals surface area contributed by atoms with Gasteiger partial charge in [-0.1, -0.05) is 19.9 Å². The Balaban J connectivity index is 2.65. The number of carbonyl (C=O) groups excluding carboxylic acids is 1. The van der Waals surface area contributed by atoms with Gasteiger partial charge in [0.05, 0.1) is 6.07 Å². The molecule has 1 aliphatic carbocycles. The Bertz CT molecular complexity index is 258. The molecule has 0 radical (unpaired) electrons. The van der Waals surface area contributed by atoms with Crippen LogP contribution < -0.4 is 0 Å². The first-order valence-corrected chi connectivity index (χ1v) is 4.18. The van der Waals surface area contributed by atoms with E-state index in [-0.39, 0.29) is 17.1 Å². The summed E-state index contributed by atoms with van der Waals surface area (Å²) in [7, 11) is 0. The third kappa shape index (κ3) is 1.55. The van der Waals surface area contributed by atoms with Crippen LogP contribution in [0.4, 0.5) is 0 Å². The second-order valence-electron chi connectivity index (χ2n) is 3.81. The maximum atomic E-state index is 11.3. The summed E-state index contributed by atoms with van der Waals surface area (Å²) in [6.07, 6.45) is 4.75. The van der Waals surface area contributed by atoms with E-state index < -0.39 is 0 Å². The van der Waals surface area contributed by atoms with Crippen LogP contribution in [0.15, 0.2) is 12.2 Å². The molecule has 1 aliphatic rings. The van der Waals surface area contributed by atoms with E-state index in [9.17, 15) is 4.79 Å². The third-order valence-electron chi connectivity index (χ3n) is 2.46. The lowest BCUT2D eigenvalue weighted by molar-refractivity contribution is -0.119. The van der Waals surface area contributed by atoms with Crippen molar-refractivity contribution in [2.45, 2.75) is 26.7 Å². The minimum Gasteiger partial charge on any atom is -0.295 e. The van der Waals surface area contributed by atoms with Crippen LogP contribution in [0, 0.1) is 22.7 Å². The second-order valence-corrected chi connectivity index (χ2v) is 3.81. The number of ketones is 1. The summed E-state index contributed by atoms with van der Waals surface area (Å²) in [6, 6.07) is 2.07. The number of hydrogen-bond donors (Lipinski definition) is 0. The maximum Gasteiger partial charge on any atom is 0.159 e. The standard InChI is InChI=1S/C10H13NO/c1-10(2)6-5-9(12)8(10)4-3-7-11/h5-6,8H,3-4H2,1-2H3. The Morgan fingerprint density at radius 3 is 2.75 bits per heavy atom. The molecule has 0 saturated heterocycles. The summed E-state index contributed by atoms with van der Waals surface area (Å²) in [5.74, 6) is 0.201. The lowest BCUT2D eigenvalue weighted by Gasteiger charge is -2.23. The van der Waals surface area contributed by atoms with Gasteiger partial charge in [0.25, 0.3) is 0 Å². The summed E-state index contributed by atoms with van der Waals surface area (Å²) in [5, 5.41) is 8.40. The van der Waals surface area contributed by atoms with Gasteiger partial charge in [-0.15, -0.1) is 0 Å². The molecule has 12 heavy (non-hydrogen) atoms. The fourth-order valence-electron chi connectivity index (χ4n) is 1.62. The topological polar surface area (TPSA) is 40.9 Å². The van der Waals surface area contributed by atoms with E-state index in [2.05, 4.69) is 6.07 Å². The molecule has 1 rings (SSSR count). The zero-order chi connectivity index (χ0) is 9.19. The minimum absolute atomic E-state index is 0.0251. The van der Waals surface area contributed by atoms with Crippen molar-refractivity contribution in [2.75, 3.05) is 0 Å². The van der Waals surface area contributed by atoms with Gasteiger partial charge in [0.1, 0.15) is 0 Å². The Morgan fingerprint density at radius 2 is 2.33 bits per heavy atom. The van der Waals surface area contributed by atoms with Gasteiger partial charge in [0, 0.05) is 12.3 Å². The molecule has 0 heterocycles. The molecule has 1 unspecified atom stereocenters. The quantitative estimate of drug-likeness (QED) is 0.625. The number of nitriles is 1. The van der Waals surface area contributed by atoms with Crippen LogP contribution >= 0.6 is 0 Å². The molecule has 1 atom stereocenters. The first-order chi connectivity index (χ1) is 5.58. The van der Waals surface area contributed by atoms with E-state index in [1.54, 1.807) is 6.08 Å². The summed E-state index contributed by atoms with van der Waals surface area (Å²) < 4.78 is 0. The van der Waals surface area contributed by atoms with E-state index in [1.165, 1.54) is 0 Å². The molecule has 0 aromatic heterocycles. The average Bonchev–Trinajstić information content (AvgIpc) is 2.24. The van der Waals surface area contributed by atoms with E-state index in [0.717, 1.165) is 0 Å². The number of hydrogen-bond acceptors (Lipinski definition) is 2. The highest BCUT2D eigenvalue weighted by molar-refractivity contribution is 5.95. The van der Waals surface area contributed by atoms with Crippen LogP contribution in [0.1, 0.15) is 26.7 Å². The molecule has 0 fully saturated rings. The van der Waals surface area contributed by atoms with Crippen molar-refractivity contribution in [3.05, 3.63) is 12.2 Å². The molecular weight excluding hydrogens is 150 g/mol. The maximum absolute atomic E-state index is 11.3. The summed E-state index contributed by atoms with van der Waals surface area (Å²) in [5.41, 5.74) is -0.0477. The molecule has 0 N–H and O–H groups in total. The smallest absolute Gasteiger partial charge is 0.159 e. The van der Waals surface area contributed by atoms with Gasteiger partial charge in [-0.05, 0) is 17.9 Å². The van der Waals surface area contributed by atoms with Crippen LogP contribution in [0.3, 0.4) is 0 Å². The number of allylic oxidation sites excluding steroid dienone is 2. The largest absolute Gasteiger partial charge is 0.295 e. The van der Waals surface area contributed by atoms with Crippen LogP contribution in [-0.2, 0) is 4.79 Å². The van der Waals surface area contributed by atoms with Gasteiger partial charge < -0.3 is 0 Å². The minimum atomic E-state index is -0.0477. The van der Waals surface area contributed by atoms with Gasteiger partial charge in [-0.2, -0.15) is 5.26 Å². The Morgan fingerprint density at radius 1 is 1.67 bits per heavy atom. The fraction of sp³-hybridized carbons (Fsp3) is 0.600. The van der Waals surface area contributed by atoms with Crippen molar-refractivity contribution in [3.63, 3.8) is 0 Å². The SMILES string of the molecule is CC1(C)C=CC(=O)C1CCC#N. The van der Waals surface area contributed by atoms with Gasteiger partial charge in [0.2, 0.25) is 0 Å². The first kappa shape index (κ1) is 8.99. The lowest BCUT2D eigenvalue weighted by atomic mass is 9.79. The summed E-state index contributed by atoms with van der Waals surface area (Å²) >= 11 is 0. The van der Waals surface area contributed by atoms with Crippen molar-refractivity contribution in [3.8, 4) is 6.07 Å². The summed E-state index contributed by atoms with van der Waals surface area (Å²) in [4.78, 5) is 11.3. The fourth-order valence-corrected chi connectivity index (χ4v) is 1.62. The molecule has 0 spiro atoms. The average molecular weight is 163 g/mol. The van der Waals surface area contributed by atoms with Crippen molar-refractivity contribution in [2.24, 2.45) is 11.3 Å². The van der Waals surface area contributed by atoms with E-state index in [0.29, 0.717) is 12.8 Å². The first-order valence-electron chi connectivity index (χ1n) is 4.18. The van der Waals surface area contributed by atoms with E-state index >= 15 is 0 Å². The summed E-state index contributed by atoms with van der Waals surface area (Å²) in [6.45, 7) is 4.08. The highest BCUT2D eigenvalue weighted by atomic mass is 16.1. The predicted octanol–water partition coefficient (Wildman–Crippen LogP) is 2.07. The Kier molecular flexibility index (Phi) is 2.32. The Labute approximate surface area is 72.9 Å². The molecule has 0 aliphatic heterocycles. The van der Waals surface area contributed by atoms with Crippen LogP contribution in [0.5, 0.6) is 0 Å². The molecule has 2 nitrogen and oxygen atoms in total. The van der Waals surface area contributed by atoms with Crippen molar-refractivity contribution in [1.82, 2.24) is 0 Å². The van der Waals surface area contributed by atoms with Crippen LogP contribution in [0.25, 0.3) is 0 Å². The molecule has 0 aromatic carbocycles. The van der Waals surface area contributed by atoms with Crippen LogP contribution in [-0.4, -0.2) is 5.78 Å². The highest BCUT2D eigenvalue weighted by Crippen LogP contribution is 2.37. The van der Waals surface area contributed by atoms with Crippen molar-refractivity contribution < 1.29 is 4.79 Å². The molecule has 2 heteroatoms. The molecule has 0 amide bonds. The van der Waals surface area contributed by atoms with E-state index in [4.69, 9.17) is 5.26 Å². The van der Waals surface area contributed by atoms with Gasteiger partial charge in [-0.3, -0.25) is 4.79 Å². The molecule has 0 aromatic rings. The molecular formula is C10H13NO. The predicted molar refractivity (Wildman–Crippen MR) is 46.3 cm³/mol. The van der Waals surface area contributed by atoms with Crippen molar-refractivity contribution >= 4 is 5.78 Å². The van der Waals surface area contributed by atoms with Gasteiger partial charge in [-0.25, -0.2) is 0 Å². The van der Waals surface area contributed by atoms with Crippen molar-refractivity contribution in [1.29, 1.82) is 5.26 Å². The van der Waals surface area contributed by atoms with Gasteiger partial charge in [0.15, 0.2) is 5.78 Å². The van der Waals surface area contributed by atoms with Gasteiger partial charge >= 0.3 is 0 Å². The Hall–Kier alpha value is -1.10. The van der Waals surface area contributed by atoms with E-state index in [1.807, 2.05) is 19.9 Å². The third-order valence-corrected chi connectivity index (χ3v) is 2.46. The number of rotatable bonds is 2. The highest BCUT2D eigenvalue weighted by Gasteiger charge is 2.35.